The van der Waals surface area contributed by atoms with Crippen molar-refractivity contribution in [3.8, 4) is 0 Å². The maximum absolute atomic E-state index is 11.6. The van der Waals surface area contributed by atoms with Crippen LogP contribution in [0.3, 0.4) is 0 Å². The van der Waals surface area contributed by atoms with Gasteiger partial charge >= 0.3 is 0 Å². The van der Waals surface area contributed by atoms with Crippen molar-refractivity contribution in [1.29, 1.82) is 0 Å². The zero-order chi connectivity index (χ0) is 11.9. The molecule has 0 bridgehead atoms. The molecular weight excluding hydrogens is 214 g/mol. The molecule has 4 heteroatoms. The van der Waals surface area contributed by atoms with E-state index in [4.69, 9.17) is 0 Å². The van der Waals surface area contributed by atoms with E-state index in [1.54, 1.807) is 0 Å². The number of rotatable bonds is 6. The Hall–Kier alpha value is -0.610. The van der Waals surface area contributed by atoms with Crippen molar-refractivity contribution in [1.82, 2.24) is 15.5 Å². The van der Waals surface area contributed by atoms with Gasteiger partial charge in [-0.25, -0.2) is 0 Å². The SMILES string of the molecule is O=C(CCN1CCCC1)NCC[C@@H]1CCCN1. The predicted octanol–water partition coefficient (Wildman–Crippen LogP) is 0.731. The summed E-state index contributed by atoms with van der Waals surface area (Å²) in [5, 5.41) is 6.48. The van der Waals surface area contributed by atoms with E-state index in [2.05, 4.69) is 15.5 Å². The highest BCUT2D eigenvalue weighted by atomic mass is 16.1. The zero-order valence-electron chi connectivity index (χ0n) is 10.7. The molecule has 2 rings (SSSR count). The molecule has 2 fully saturated rings. The van der Waals surface area contributed by atoms with Crippen molar-refractivity contribution in [3.63, 3.8) is 0 Å². The normalized spacial score (nSPS) is 25.3. The molecule has 0 aromatic carbocycles. The molecule has 1 atom stereocenters. The molecule has 0 spiro atoms. The molecule has 2 aliphatic heterocycles. The lowest BCUT2D eigenvalue weighted by molar-refractivity contribution is -0.121. The summed E-state index contributed by atoms with van der Waals surface area (Å²) in [6.45, 7) is 5.27. The quantitative estimate of drug-likeness (QED) is 0.718. The van der Waals surface area contributed by atoms with E-state index in [1.807, 2.05) is 0 Å². The number of carbonyl (C=O) groups excluding carboxylic acids is 1. The van der Waals surface area contributed by atoms with Crippen molar-refractivity contribution >= 4 is 5.91 Å². The minimum Gasteiger partial charge on any atom is -0.356 e. The summed E-state index contributed by atoms with van der Waals surface area (Å²) in [5.41, 5.74) is 0. The molecule has 2 aliphatic rings. The summed E-state index contributed by atoms with van der Waals surface area (Å²) in [6, 6.07) is 0.633. The summed E-state index contributed by atoms with van der Waals surface area (Å²) in [6.07, 6.45) is 6.90. The fraction of sp³-hybridized carbons (Fsp3) is 0.923. The van der Waals surface area contributed by atoms with Gasteiger partial charge in [0.05, 0.1) is 0 Å². The van der Waals surface area contributed by atoms with Crippen molar-refractivity contribution in [3.05, 3.63) is 0 Å². The Bertz CT molecular complexity index is 233. The van der Waals surface area contributed by atoms with Gasteiger partial charge in [-0.05, 0) is 51.7 Å². The van der Waals surface area contributed by atoms with Crippen LogP contribution in [0.4, 0.5) is 0 Å². The summed E-state index contributed by atoms with van der Waals surface area (Å²) in [4.78, 5) is 14.0. The van der Waals surface area contributed by atoms with Gasteiger partial charge in [0, 0.05) is 25.6 Å². The third kappa shape index (κ3) is 4.64. The Kier molecular flexibility index (Phi) is 5.26. The second-order valence-electron chi connectivity index (χ2n) is 5.23. The monoisotopic (exact) mass is 239 g/mol. The highest BCUT2D eigenvalue weighted by molar-refractivity contribution is 5.76. The number of amides is 1. The third-order valence-electron chi connectivity index (χ3n) is 3.83. The first-order valence-electron chi connectivity index (χ1n) is 7.07. The molecule has 2 heterocycles. The number of hydrogen-bond acceptors (Lipinski definition) is 3. The molecule has 0 aromatic heterocycles. The van der Waals surface area contributed by atoms with E-state index in [0.29, 0.717) is 12.5 Å². The first-order chi connectivity index (χ1) is 8.34. The number of carbonyl (C=O) groups is 1. The van der Waals surface area contributed by atoms with Gasteiger partial charge in [0.15, 0.2) is 0 Å². The van der Waals surface area contributed by atoms with Crippen LogP contribution in [-0.2, 0) is 4.79 Å². The maximum Gasteiger partial charge on any atom is 0.221 e. The largest absolute Gasteiger partial charge is 0.356 e. The fourth-order valence-electron chi connectivity index (χ4n) is 2.74. The molecule has 0 radical (unpaired) electrons. The van der Waals surface area contributed by atoms with Crippen LogP contribution in [0.15, 0.2) is 0 Å². The lowest BCUT2D eigenvalue weighted by Crippen LogP contribution is -2.32. The van der Waals surface area contributed by atoms with Gasteiger partial charge in [-0.1, -0.05) is 0 Å². The van der Waals surface area contributed by atoms with Gasteiger partial charge in [0.2, 0.25) is 5.91 Å². The summed E-state index contributed by atoms with van der Waals surface area (Å²) >= 11 is 0. The lowest BCUT2D eigenvalue weighted by Gasteiger charge is -2.14. The summed E-state index contributed by atoms with van der Waals surface area (Å²) in [7, 11) is 0. The van der Waals surface area contributed by atoms with Crippen molar-refractivity contribution < 1.29 is 4.79 Å². The molecule has 2 saturated heterocycles. The molecule has 98 valence electrons. The number of likely N-dealkylation sites (tertiary alicyclic amines) is 1. The van der Waals surface area contributed by atoms with Crippen LogP contribution in [0, 0.1) is 0 Å². The fourth-order valence-corrected chi connectivity index (χ4v) is 2.74. The highest BCUT2D eigenvalue weighted by Crippen LogP contribution is 2.08. The van der Waals surface area contributed by atoms with Crippen LogP contribution in [0.5, 0.6) is 0 Å². The summed E-state index contributed by atoms with van der Waals surface area (Å²) < 4.78 is 0. The average molecular weight is 239 g/mol. The van der Waals surface area contributed by atoms with Crippen LogP contribution < -0.4 is 10.6 Å². The first kappa shape index (κ1) is 12.8. The Morgan fingerprint density at radius 2 is 2.12 bits per heavy atom. The smallest absolute Gasteiger partial charge is 0.221 e. The minimum absolute atomic E-state index is 0.217. The van der Waals surface area contributed by atoms with E-state index in [-0.39, 0.29) is 5.91 Å². The second kappa shape index (κ2) is 6.97. The molecule has 0 unspecified atom stereocenters. The molecule has 0 aromatic rings. The molecule has 0 aliphatic carbocycles. The highest BCUT2D eigenvalue weighted by Gasteiger charge is 2.15. The molecule has 4 nitrogen and oxygen atoms in total. The van der Waals surface area contributed by atoms with Crippen molar-refractivity contribution in [2.24, 2.45) is 0 Å². The molecule has 17 heavy (non-hydrogen) atoms. The molecular formula is C13H25N3O. The van der Waals surface area contributed by atoms with Crippen molar-refractivity contribution in [2.75, 3.05) is 32.7 Å². The predicted molar refractivity (Wildman–Crippen MR) is 68.9 cm³/mol. The van der Waals surface area contributed by atoms with Crippen LogP contribution in [0.25, 0.3) is 0 Å². The average Bonchev–Trinajstić information content (AvgIpc) is 2.99. The van der Waals surface area contributed by atoms with Crippen LogP contribution >= 0.6 is 0 Å². The van der Waals surface area contributed by atoms with E-state index in [0.717, 1.165) is 26.1 Å². The lowest BCUT2D eigenvalue weighted by atomic mass is 10.1. The van der Waals surface area contributed by atoms with Gasteiger partial charge in [-0.3, -0.25) is 4.79 Å². The Labute approximate surface area is 104 Å². The van der Waals surface area contributed by atoms with E-state index in [1.165, 1.54) is 38.8 Å². The van der Waals surface area contributed by atoms with Gasteiger partial charge in [0.1, 0.15) is 0 Å². The Balaban J connectivity index is 1.48. The maximum atomic E-state index is 11.6. The van der Waals surface area contributed by atoms with Crippen molar-refractivity contribution in [2.45, 2.75) is 44.6 Å². The van der Waals surface area contributed by atoms with E-state index >= 15 is 0 Å². The summed E-state index contributed by atoms with van der Waals surface area (Å²) in [5.74, 6) is 0.217. The molecule has 0 saturated carbocycles. The Morgan fingerprint density at radius 3 is 2.82 bits per heavy atom. The van der Waals surface area contributed by atoms with Gasteiger partial charge in [0.25, 0.3) is 0 Å². The minimum atomic E-state index is 0.217. The van der Waals surface area contributed by atoms with E-state index < -0.39 is 0 Å². The van der Waals surface area contributed by atoms with E-state index in [9.17, 15) is 4.79 Å². The molecule has 2 N–H and O–H groups in total. The van der Waals surface area contributed by atoms with Gasteiger partial charge in [-0.15, -0.1) is 0 Å². The zero-order valence-corrected chi connectivity index (χ0v) is 10.7. The number of hydrogen-bond donors (Lipinski definition) is 2. The van der Waals surface area contributed by atoms with Crippen LogP contribution in [-0.4, -0.2) is 49.6 Å². The van der Waals surface area contributed by atoms with Crippen LogP contribution in [0.1, 0.15) is 38.5 Å². The Morgan fingerprint density at radius 1 is 1.29 bits per heavy atom. The first-order valence-corrected chi connectivity index (χ1v) is 7.07. The second-order valence-corrected chi connectivity index (χ2v) is 5.23. The number of nitrogens with one attached hydrogen (secondary N) is 2. The standard InChI is InChI=1S/C13H25N3O/c17-13(6-11-16-9-1-2-10-16)15-8-5-12-4-3-7-14-12/h12,14H,1-11H2,(H,15,17)/t12-/m0/s1. The topological polar surface area (TPSA) is 44.4 Å². The van der Waals surface area contributed by atoms with Gasteiger partial charge < -0.3 is 15.5 Å². The van der Waals surface area contributed by atoms with Gasteiger partial charge in [-0.2, -0.15) is 0 Å². The molecule has 1 amide bonds. The third-order valence-corrected chi connectivity index (χ3v) is 3.83. The number of nitrogens with zero attached hydrogens (tertiary/aromatic N) is 1. The van der Waals surface area contributed by atoms with Crippen LogP contribution in [0.2, 0.25) is 0 Å².